The average Bonchev–Trinajstić information content (AvgIpc) is 2.42. The van der Waals surface area contributed by atoms with Crippen LogP contribution in [0.1, 0.15) is 19.4 Å². The average molecular weight is 305 g/mol. The second kappa shape index (κ2) is 5.62. The van der Waals surface area contributed by atoms with Crippen molar-refractivity contribution in [1.82, 2.24) is 4.90 Å². The van der Waals surface area contributed by atoms with Gasteiger partial charge in [-0.05, 0) is 31.5 Å². The summed E-state index contributed by atoms with van der Waals surface area (Å²) >= 11 is 0. The molecule has 0 bridgehead atoms. The van der Waals surface area contributed by atoms with E-state index < -0.39 is 11.4 Å². The number of phenolic OH excluding ortho intramolecular Hbond substituents is 2. The fraction of sp³-hybridized carbons (Fsp3) is 0.438. The lowest BCUT2D eigenvalue weighted by atomic mass is 10.1. The van der Waals surface area contributed by atoms with Gasteiger partial charge >= 0.3 is 5.63 Å². The van der Waals surface area contributed by atoms with Gasteiger partial charge < -0.3 is 19.4 Å². The van der Waals surface area contributed by atoms with Crippen LogP contribution in [0.2, 0.25) is 0 Å². The van der Waals surface area contributed by atoms with Gasteiger partial charge in [-0.25, -0.2) is 4.79 Å². The number of aromatic hydroxyl groups is 2. The van der Waals surface area contributed by atoms with Gasteiger partial charge in [0.05, 0.1) is 12.2 Å². The molecule has 2 heterocycles. The van der Waals surface area contributed by atoms with Crippen LogP contribution >= 0.6 is 0 Å². The molecule has 118 valence electrons. The molecule has 1 aromatic carbocycles. The summed E-state index contributed by atoms with van der Waals surface area (Å²) in [6, 6.07) is 4.48. The van der Waals surface area contributed by atoms with Crippen molar-refractivity contribution in [1.29, 1.82) is 0 Å². The number of benzene rings is 1. The second-order valence-electron chi connectivity index (χ2n) is 5.85. The third-order valence-electron chi connectivity index (χ3n) is 3.84. The molecule has 1 saturated heterocycles. The van der Waals surface area contributed by atoms with Crippen LogP contribution in [0.4, 0.5) is 0 Å². The van der Waals surface area contributed by atoms with E-state index in [1.165, 1.54) is 12.1 Å². The molecular weight excluding hydrogens is 286 g/mol. The second-order valence-corrected chi connectivity index (χ2v) is 5.85. The molecule has 2 atom stereocenters. The molecule has 6 heteroatoms. The van der Waals surface area contributed by atoms with Crippen molar-refractivity contribution in [2.45, 2.75) is 32.6 Å². The maximum Gasteiger partial charge on any atom is 0.336 e. The van der Waals surface area contributed by atoms with Crippen LogP contribution < -0.4 is 5.63 Å². The molecule has 0 saturated carbocycles. The minimum Gasteiger partial charge on any atom is -0.504 e. The Morgan fingerprint density at radius 1 is 1.23 bits per heavy atom. The van der Waals surface area contributed by atoms with E-state index >= 15 is 0 Å². The quantitative estimate of drug-likeness (QED) is 0.650. The Kier molecular flexibility index (Phi) is 3.80. The van der Waals surface area contributed by atoms with Gasteiger partial charge in [-0.2, -0.15) is 0 Å². The molecule has 0 radical (unpaired) electrons. The van der Waals surface area contributed by atoms with E-state index in [9.17, 15) is 15.0 Å². The van der Waals surface area contributed by atoms with E-state index in [0.717, 1.165) is 18.7 Å². The zero-order chi connectivity index (χ0) is 15.9. The minimum atomic E-state index is -0.544. The van der Waals surface area contributed by atoms with Crippen LogP contribution in [-0.2, 0) is 11.3 Å². The number of hydrogen-bond acceptors (Lipinski definition) is 6. The molecule has 3 rings (SSSR count). The van der Waals surface area contributed by atoms with Crippen LogP contribution in [0.25, 0.3) is 11.0 Å². The van der Waals surface area contributed by atoms with Gasteiger partial charge in [-0.1, -0.05) is 0 Å². The van der Waals surface area contributed by atoms with Crippen molar-refractivity contribution in [3.05, 3.63) is 34.2 Å². The lowest BCUT2D eigenvalue weighted by molar-refractivity contribution is -0.0704. The summed E-state index contributed by atoms with van der Waals surface area (Å²) in [5, 5.41) is 20.1. The summed E-state index contributed by atoms with van der Waals surface area (Å²) in [6.07, 6.45) is 0.264. The zero-order valence-corrected chi connectivity index (χ0v) is 12.6. The molecule has 2 aromatic rings. The third-order valence-corrected chi connectivity index (χ3v) is 3.84. The van der Waals surface area contributed by atoms with Crippen molar-refractivity contribution >= 4 is 11.0 Å². The van der Waals surface area contributed by atoms with E-state index in [-0.39, 0.29) is 23.5 Å². The predicted molar refractivity (Wildman–Crippen MR) is 81.1 cm³/mol. The van der Waals surface area contributed by atoms with E-state index in [2.05, 4.69) is 4.90 Å². The Morgan fingerprint density at radius 3 is 2.59 bits per heavy atom. The Bertz CT molecular complexity index is 744. The highest BCUT2D eigenvalue weighted by atomic mass is 16.5. The van der Waals surface area contributed by atoms with Crippen LogP contribution in [0, 0.1) is 0 Å². The topological polar surface area (TPSA) is 83.1 Å². The van der Waals surface area contributed by atoms with Crippen LogP contribution in [-0.4, -0.2) is 40.4 Å². The van der Waals surface area contributed by atoms with Crippen molar-refractivity contribution in [2.24, 2.45) is 0 Å². The van der Waals surface area contributed by atoms with Crippen LogP contribution in [0.15, 0.2) is 27.4 Å². The van der Waals surface area contributed by atoms with Gasteiger partial charge in [0, 0.05) is 31.1 Å². The summed E-state index contributed by atoms with van der Waals surface area (Å²) in [5.41, 5.74) is 0.248. The summed E-state index contributed by atoms with van der Waals surface area (Å²) in [6.45, 7) is 6.14. The Labute approximate surface area is 127 Å². The van der Waals surface area contributed by atoms with Gasteiger partial charge in [0.25, 0.3) is 0 Å². The number of hydrogen-bond donors (Lipinski definition) is 2. The van der Waals surface area contributed by atoms with E-state index in [4.69, 9.17) is 9.15 Å². The molecule has 6 nitrogen and oxygen atoms in total. The molecule has 2 unspecified atom stereocenters. The monoisotopic (exact) mass is 305 g/mol. The summed E-state index contributed by atoms with van der Waals surface area (Å²) in [5.74, 6) is -0.707. The first-order valence-corrected chi connectivity index (χ1v) is 7.29. The van der Waals surface area contributed by atoms with Crippen LogP contribution in [0.3, 0.4) is 0 Å². The van der Waals surface area contributed by atoms with E-state index in [1.54, 1.807) is 6.07 Å². The largest absolute Gasteiger partial charge is 0.504 e. The molecule has 0 amide bonds. The summed E-state index contributed by atoms with van der Waals surface area (Å²) < 4.78 is 10.7. The fourth-order valence-corrected chi connectivity index (χ4v) is 3.05. The summed E-state index contributed by atoms with van der Waals surface area (Å²) in [4.78, 5) is 13.9. The smallest absolute Gasteiger partial charge is 0.336 e. The minimum absolute atomic E-state index is 0.0249. The predicted octanol–water partition coefficient (Wildman–Crippen LogP) is 1.81. The molecule has 1 aliphatic heterocycles. The lowest BCUT2D eigenvalue weighted by Crippen LogP contribution is -2.44. The maximum atomic E-state index is 11.7. The highest BCUT2D eigenvalue weighted by molar-refractivity contribution is 5.87. The molecule has 1 aliphatic rings. The number of rotatable bonds is 2. The molecule has 22 heavy (non-hydrogen) atoms. The molecule has 1 aromatic heterocycles. The Balaban J connectivity index is 2.00. The molecule has 2 N–H and O–H groups in total. The fourth-order valence-electron chi connectivity index (χ4n) is 3.05. The van der Waals surface area contributed by atoms with Crippen molar-refractivity contribution in [3.8, 4) is 11.5 Å². The lowest BCUT2D eigenvalue weighted by Gasteiger charge is -2.35. The van der Waals surface area contributed by atoms with Crippen molar-refractivity contribution in [3.63, 3.8) is 0 Å². The SMILES string of the molecule is CC1CN(Cc2cc(=O)oc3c(O)c(O)ccc23)CC(C)O1. The van der Waals surface area contributed by atoms with E-state index in [1.807, 2.05) is 13.8 Å². The van der Waals surface area contributed by atoms with Gasteiger partial charge in [-0.15, -0.1) is 0 Å². The van der Waals surface area contributed by atoms with Gasteiger partial charge in [-0.3, -0.25) is 4.90 Å². The molecular formula is C16H19NO5. The van der Waals surface area contributed by atoms with Crippen molar-refractivity contribution < 1.29 is 19.4 Å². The highest BCUT2D eigenvalue weighted by Gasteiger charge is 2.23. The Morgan fingerprint density at radius 2 is 1.91 bits per heavy atom. The number of nitrogens with zero attached hydrogens (tertiary/aromatic N) is 1. The first-order chi connectivity index (χ1) is 10.4. The third kappa shape index (κ3) is 2.80. The van der Waals surface area contributed by atoms with E-state index in [0.29, 0.717) is 11.9 Å². The summed E-state index contributed by atoms with van der Waals surface area (Å²) in [7, 11) is 0. The number of phenols is 2. The Hall–Kier alpha value is -2.05. The standard InChI is InChI=1S/C16H19NO5/c1-9-6-17(7-10(2)21-9)8-11-5-14(19)22-16-12(11)3-4-13(18)15(16)20/h3-5,9-10,18,20H,6-8H2,1-2H3. The van der Waals surface area contributed by atoms with Gasteiger partial charge in [0.15, 0.2) is 11.3 Å². The van der Waals surface area contributed by atoms with Crippen molar-refractivity contribution in [2.75, 3.05) is 13.1 Å². The molecule has 1 fully saturated rings. The normalized spacial score (nSPS) is 23.0. The van der Waals surface area contributed by atoms with Crippen LogP contribution in [0.5, 0.6) is 11.5 Å². The van der Waals surface area contributed by atoms with Gasteiger partial charge in [0.2, 0.25) is 5.75 Å². The molecule has 0 aliphatic carbocycles. The first-order valence-electron chi connectivity index (χ1n) is 7.29. The molecule has 0 spiro atoms. The number of fused-ring (bicyclic) bond motifs is 1. The van der Waals surface area contributed by atoms with Gasteiger partial charge in [0.1, 0.15) is 0 Å². The highest BCUT2D eigenvalue weighted by Crippen LogP contribution is 2.34. The maximum absolute atomic E-state index is 11.7. The zero-order valence-electron chi connectivity index (χ0n) is 12.6. The number of ether oxygens (including phenoxy) is 1. The number of morpholine rings is 1. The first kappa shape index (κ1) is 14.9.